The molecule has 1 aliphatic heterocycles. The van der Waals surface area contributed by atoms with Crippen LogP contribution in [0.2, 0.25) is 0 Å². The van der Waals surface area contributed by atoms with E-state index < -0.39 is 0 Å². The minimum absolute atomic E-state index is 0.0140. The van der Waals surface area contributed by atoms with E-state index in [1.165, 1.54) is 0 Å². The second-order valence-electron chi connectivity index (χ2n) is 4.74. The van der Waals surface area contributed by atoms with E-state index in [-0.39, 0.29) is 5.91 Å². The van der Waals surface area contributed by atoms with Crippen molar-refractivity contribution in [3.8, 4) is 0 Å². The molecule has 0 saturated carbocycles. The van der Waals surface area contributed by atoms with Crippen molar-refractivity contribution in [3.63, 3.8) is 0 Å². The van der Waals surface area contributed by atoms with Crippen molar-refractivity contribution in [1.29, 1.82) is 0 Å². The maximum atomic E-state index is 12.7. The Bertz CT molecular complexity index is 580. The van der Waals surface area contributed by atoms with Gasteiger partial charge in [-0.05, 0) is 37.1 Å². The van der Waals surface area contributed by atoms with Crippen molar-refractivity contribution in [1.82, 2.24) is 0 Å². The van der Waals surface area contributed by atoms with Crippen LogP contribution in [0, 0.1) is 0 Å². The van der Waals surface area contributed by atoms with E-state index in [0.29, 0.717) is 5.71 Å². The van der Waals surface area contributed by atoms with E-state index in [9.17, 15) is 4.79 Å². The Balaban J connectivity index is 2.02. The van der Waals surface area contributed by atoms with E-state index in [1.807, 2.05) is 60.7 Å². The highest BCUT2D eigenvalue weighted by molar-refractivity contribution is 6.45. The molecule has 3 rings (SSSR count). The first kappa shape index (κ1) is 12.6. The number of benzene rings is 2. The van der Waals surface area contributed by atoms with E-state index in [0.717, 1.165) is 30.8 Å². The molecular formula is C17H16N2O. The van der Waals surface area contributed by atoms with E-state index in [4.69, 9.17) is 0 Å². The zero-order chi connectivity index (χ0) is 13.8. The average Bonchev–Trinajstić information content (AvgIpc) is 3.04. The minimum Gasteiger partial charge on any atom is -0.284 e. The van der Waals surface area contributed by atoms with Gasteiger partial charge in [0.05, 0.1) is 0 Å². The van der Waals surface area contributed by atoms with Gasteiger partial charge in [0.1, 0.15) is 5.71 Å². The predicted octanol–water partition coefficient (Wildman–Crippen LogP) is 3.59. The maximum Gasteiger partial charge on any atom is 0.276 e. The molecule has 0 aromatic heterocycles. The third kappa shape index (κ3) is 2.48. The summed E-state index contributed by atoms with van der Waals surface area (Å²) in [6.45, 7) is 0.762. The fourth-order valence-corrected chi connectivity index (χ4v) is 2.38. The molecule has 3 heteroatoms. The smallest absolute Gasteiger partial charge is 0.276 e. The predicted molar refractivity (Wildman–Crippen MR) is 81.6 cm³/mol. The molecule has 1 aliphatic rings. The summed E-state index contributed by atoms with van der Waals surface area (Å²) >= 11 is 0. The summed E-state index contributed by atoms with van der Waals surface area (Å²) in [4.78, 5) is 18.8. The highest BCUT2D eigenvalue weighted by atomic mass is 16.2. The number of carbonyl (C=O) groups is 1. The van der Waals surface area contributed by atoms with Gasteiger partial charge in [0.15, 0.2) is 0 Å². The topological polar surface area (TPSA) is 32.7 Å². The Kier molecular flexibility index (Phi) is 3.59. The van der Waals surface area contributed by atoms with Gasteiger partial charge in [0.25, 0.3) is 5.91 Å². The number of hydrogen-bond acceptors (Lipinski definition) is 2. The van der Waals surface area contributed by atoms with Crippen LogP contribution in [0.25, 0.3) is 0 Å². The largest absolute Gasteiger partial charge is 0.284 e. The number of rotatable bonds is 3. The third-order valence-corrected chi connectivity index (χ3v) is 3.35. The monoisotopic (exact) mass is 264 g/mol. The molecule has 0 unspecified atom stereocenters. The summed E-state index contributed by atoms with van der Waals surface area (Å²) in [7, 11) is 0. The van der Waals surface area contributed by atoms with Crippen LogP contribution in [0.3, 0.4) is 0 Å². The van der Waals surface area contributed by atoms with E-state index in [1.54, 1.807) is 4.90 Å². The summed E-state index contributed by atoms with van der Waals surface area (Å²) in [6.07, 6.45) is 1.74. The average molecular weight is 264 g/mol. The van der Waals surface area contributed by atoms with Gasteiger partial charge in [0, 0.05) is 17.9 Å². The SMILES string of the molecule is O=C(C1=NCCC1)N(c1ccccc1)c1ccccc1. The van der Waals surface area contributed by atoms with Crippen molar-refractivity contribution in [2.45, 2.75) is 12.8 Å². The molecule has 100 valence electrons. The normalized spacial score (nSPS) is 13.9. The number of anilines is 2. The van der Waals surface area contributed by atoms with Crippen molar-refractivity contribution in [3.05, 3.63) is 60.7 Å². The molecule has 0 radical (unpaired) electrons. The zero-order valence-corrected chi connectivity index (χ0v) is 11.2. The van der Waals surface area contributed by atoms with Crippen LogP contribution in [0.1, 0.15) is 12.8 Å². The quantitative estimate of drug-likeness (QED) is 0.834. The van der Waals surface area contributed by atoms with Gasteiger partial charge in [-0.1, -0.05) is 36.4 Å². The standard InChI is InChI=1S/C17H16N2O/c20-17(16-12-7-13-18-16)19(14-8-3-1-4-9-14)15-10-5-2-6-11-15/h1-6,8-11H,7,12-13H2. The lowest BCUT2D eigenvalue weighted by atomic mass is 10.1. The highest BCUT2D eigenvalue weighted by Crippen LogP contribution is 2.26. The summed E-state index contributed by atoms with van der Waals surface area (Å²) in [5.41, 5.74) is 2.43. The van der Waals surface area contributed by atoms with Crippen LogP contribution >= 0.6 is 0 Å². The molecule has 20 heavy (non-hydrogen) atoms. The third-order valence-electron chi connectivity index (χ3n) is 3.35. The van der Waals surface area contributed by atoms with Crippen molar-refractivity contribution in [2.24, 2.45) is 4.99 Å². The van der Waals surface area contributed by atoms with Crippen LogP contribution in [0.15, 0.2) is 65.7 Å². The summed E-state index contributed by atoms with van der Waals surface area (Å²) in [5, 5.41) is 0. The lowest BCUT2D eigenvalue weighted by molar-refractivity contribution is -0.112. The van der Waals surface area contributed by atoms with Crippen LogP contribution in [0.5, 0.6) is 0 Å². The number of aliphatic imine (C=N–C) groups is 1. The molecule has 0 spiro atoms. The van der Waals surface area contributed by atoms with Crippen molar-refractivity contribution in [2.75, 3.05) is 11.4 Å². The molecule has 0 aliphatic carbocycles. The first-order chi connectivity index (χ1) is 9.86. The fraction of sp³-hybridized carbons (Fsp3) is 0.176. The fourth-order valence-electron chi connectivity index (χ4n) is 2.38. The van der Waals surface area contributed by atoms with Gasteiger partial charge >= 0.3 is 0 Å². The van der Waals surface area contributed by atoms with Crippen molar-refractivity contribution < 1.29 is 4.79 Å². The number of amides is 1. The molecule has 2 aromatic carbocycles. The second-order valence-corrected chi connectivity index (χ2v) is 4.74. The first-order valence-corrected chi connectivity index (χ1v) is 6.84. The molecular weight excluding hydrogens is 248 g/mol. The Labute approximate surface area is 118 Å². The Morgan fingerprint density at radius 3 is 1.90 bits per heavy atom. The van der Waals surface area contributed by atoms with Crippen LogP contribution in [-0.2, 0) is 4.79 Å². The molecule has 0 N–H and O–H groups in total. The van der Waals surface area contributed by atoms with Gasteiger partial charge < -0.3 is 0 Å². The Morgan fingerprint density at radius 1 is 0.900 bits per heavy atom. The van der Waals surface area contributed by atoms with Crippen LogP contribution < -0.4 is 4.90 Å². The summed E-state index contributed by atoms with van der Waals surface area (Å²) < 4.78 is 0. The lowest BCUT2D eigenvalue weighted by Crippen LogP contribution is -2.31. The minimum atomic E-state index is -0.0140. The highest BCUT2D eigenvalue weighted by Gasteiger charge is 2.24. The molecule has 3 nitrogen and oxygen atoms in total. The molecule has 2 aromatic rings. The van der Waals surface area contributed by atoms with Gasteiger partial charge in [-0.2, -0.15) is 0 Å². The van der Waals surface area contributed by atoms with Gasteiger partial charge in [-0.15, -0.1) is 0 Å². The molecule has 1 amide bonds. The molecule has 0 fully saturated rings. The molecule has 0 bridgehead atoms. The van der Waals surface area contributed by atoms with Gasteiger partial charge in [-0.3, -0.25) is 14.7 Å². The number of nitrogens with zero attached hydrogens (tertiary/aromatic N) is 2. The van der Waals surface area contributed by atoms with Gasteiger partial charge in [0.2, 0.25) is 0 Å². The first-order valence-electron chi connectivity index (χ1n) is 6.84. The second kappa shape index (κ2) is 5.70. The van der Waals surface area contributed by atoms with Crippen LogP contribution in [0.4, 0.5) is 11.4 Å². The van der Waals surface area contributed by atoms with E-state index >= 15 is 0 Å². The maximum absolute atomic E-state index is 12.7. The van der Waals surface area contributed by atoms with Crippen LogP contribution in [-0.4, -0.2) is 18.2 Å². The Morgan fingerprint density at radius 2 is 1.45 bits per heavy atom. The zero-order valence-electron chi connectivity index (χ0n) is 11.2. The Hall–Kier alpha value is -2.42. The molecule has 0 atom stereocenters. The number of carbonyl (C=O) groups excluding carboxylic acids is 1. The number of para-hydroxylation sites is 2. The summed E-state index contributed by atoms with van der Waals surface area (Å²) in [5.74, 6) is -0.0140. The van der Waals surface area contributed by atoms with E-state index in [2.05, 4.69) is 4.99 Å². The van der Waals surface area contributed by atoms with Crippen molar-refractivity contribution >= 4 is 23.0 Å². The lowest BCUT2D eigenvalue weighted by Gasteiger charge is -2.23. The number of hydrogen-bond donors (Lipinski definition) is 0. The molecule has 0 saturated heterocycles. The van der Waals surface area contributed by atoms with Gasteiger partial charge in [-0.25, -0.2) is 0 Å². The molecule has 1 heterocycles. The summed E-state index contributed by atoms with van der Waals surface area (Å²) in [6, 6.07) is 19.4.